The van der Waals surface area contributed by atoms with Crippen LogP contribution in [0, 0.1) is 0 Å². The molecule has 2 bridgehead atoms. The fourth-order valence-electron chi connectivity index (χ4n) is 5.13. The van der Waals surface area contributed by atoms with E-state index in [1.807, 2.05) is 0 Å². The fraction of sp³-hybridized carbons (Fsp3) is 0.440. The van der Waals surface area contributed by atoms with E-state index in [1.54, 1.807) is 5.57 Å². The van der Waals surface area contributed by atoms with Crippen LogP contribution in [-0.4, -0.2) is 23.6 Å². The Bertz CT molecular complexity index is 825. The Morgan fingerprint density at radius 3 is 2.78 bits per heavy atom. The van der Waals surface area contributed by atoms with Crippen molar-refractivity contribution in [1.82, 2.24) is 4.90 Å². The van der Waals surface area contributed by atoms with Gasteiger partial charge in [0, 0.05) is 25.0 Å². The number of aryl methyl sites for hydroxylation is 1. The van der Waals surface area contributed by atoms with E-state index < -0.39 is 0 Å². The van der Waals surface area contributed by atoms with Crippen LogP contribution in [0.3, 0.4) is 0 Å². The van der Waals surface area contributed by atoms with Gasteiger partial charge in [-0.05, 0) is 54.9 Å². The molecule has 1 saturated heterocycles. The molecule has 0 radical (unpaired) electrons. The molecule has 0 saturated carbocycles. The van der Waals surface area contributed by atoms with Gasteiger partial charge in [-0.25, -0.2) is 0 Å². The summed E-state index contributed by atoms with van der Waals surface area (Å²) >= 11 is 0. The largest absolute Gasteiger partial charge is 0.493 e. The van der Waals surface area contributed by atoms with E-state index in [9.17, 15) is 0 Å². The van der Waals surface area contributed by atoms with Gasteiger partial charge in [0.2, 0.25) is 0 Å². The van der Waals surface area contributed by atoms with Gasteiger partial charge < -0.3 is 4.74 Å². The maximum atomic E-state index is 5.64. The van der Waals surface area contributed by atoms with Crippen LogP contribution in [0.15, 0.2) is 60.2 Å². The smallest absolute Gasteiger partial charge is 0.122 e. The summed E-state index contributed by atoms with van der Waals surface area (Å²) in [6, 6.07) is 19.2. The minimum atomic E-state index is 0.640. The first kappa shape index (κ1) is 17.1. The molecular formula is C25H29NO. The molecule has 3 aliphatic heterocycles. The number of hydrogen-bond donors (Lipinski definition) is 0. The Morgan fingerprint density at radius 1 is 0.963 bits per heavy atom. The highest BCUT2D eigenvalue weighted by molar-refractivity contribution is 5.40. The van der Waals surface area contributed by atoms with Crippen molar-refractivity contribution in [2.75, 3.05) is 6.61 Å². The molecule has 0 amide bonds. The van der Waals surface area contributed by atoms with Crippen LogP contribution in [-0.2, 0) is 19.4 Å². The molecule has 3 heterocycles. The maximum Gasteiger partial charge on any atom is 0.122 e. The van der Waals surface area contributed by atoms with Gasteiger partial charge in [0.25, 0.3) is 0 Å². The number of hydrogen-bond acceptors (Lipinski definition) is 2. The highest BCUT2D eigenvalue weighted by atomic mass is 16.5. The van der Waals surface area contributed by atoms with Crippen LogP contribution in [0.25, 0.3) is 0 Å². The summed E-state index contributed by atoms with van der Waals surface area (Å²) in [4.78, 5) is 2.76. The molecule has 2 heteroatoms. The second kappa shape index (κ2) is 7.52. The topological polar surface area (TPSA) is 12.5 Å². The fourth-order valence-corrected chi connectivity index (χ4v) is 5.13. The number of nitrogens with zero attached hydrogens (tertiary/aromatic N) is 1. The van der Waals surface area contributed by atoms with Crippen LogP contribution in [0.5, 0.6) is 5.75 Å². The quantitative estimate of drug-likeness (QED) is 0.671. The van der Waals surface area contributed by atoms with Gasteiger partial charge in [-0.2, -0.15) is 0 Å². The van der Waals surface area contributed by atoms with Crippen LogP contribution in [0.4, 0.5) is 0 Å². The van der Waals surface area contributed by atoms with Crippen molar-refractivity contribution in [2.24, 2.45) is 0 Å². The monoisotopic (exact) mass is 359 g/mol. The molecule has 140 valence electrons. The van der Waals surface area contributed by atoms with Crippen LogP contribution < -0.4 is 4.74 Å². The third-order valence-electron chi connectivity index (χ3n) is 6.55. The van der Waals surface area contributed by atoms with Crippen molar-refractivity contribution < 1.29 is 4.74 Å². The summed E-state index contributed by atoms with van der Waals surface area (Å²) in [5, 5.41) is 0. The van der Waals surface area contributed by atoms with Gasteiger partial charge >= 0.3 is 0 Å². The van der Waals surface area contributed by atoms with Gasteiger partial charge in [-0.15, -0.1) is 0 Å². The van der Waals surface area contributed by atoms with E-state index in [1.165, 1.54) is 48.8 Å². The Hall–Kier alpha value is -2.06. The molecule has 2 aromatic rings. The van der Waals surface area contributed by atoms with E-state index in [-0.39, 0.29) is 0 Å². The SMILES string of the molecule is C1=C(CCc2ccc3c(c2)CCO3)CC2CCCC1N2Cc1ccccc1. The lowest BCUT2D eigenvalue weighted by Gasteiger charge is -2.45. The van der Waals surface area contributed by atoms with Crippen molar-refractivity contribution >= 4 is 0 Å². The zero-order chi connectivity index (χ0) is 18.1. The predicted octanol–water partition coefficient (Wildman–Crippen LogP) is 5.31. The van der Waals surface area contributed by atoms with E-state index in [0.29, 0.717) is 6.04 Å². The molecular weight excluding hydrogens is 330 g/mol. The zero-order valence-electron chi connectivity index (χ0n) is 16.1. The normalized spacial score (nSPS) is 24.2. The lowest BCUT2D eigenvalue weighted by atomic mass is 9.83. The number of piperidine rings is 1. The molecule has 5 rings (SSSR count). The summed E-state index contributed by atoms with van der Waals surface area (Å²) < 4.78 is 5.64. The second-order valence-electron chi connectivity index (χ2n) is 8.38. The molecule has 0 aliphatic carbocycles. The van der Waals surface area contributed by atoms with Gasteiger partial charge in [0.05, 0.1) is 6.61 Å². The minimum absolute atomic E-state index is 0.640. The molecule has 1 fully saturated rings. The molecule has 3 aliphatic rings. The van der Waals surface area contributed by atoms with E-state index in [2.05, 4.69) is 59.5 Å². The van der Waals surface area contributed by atoms with Crippen molar-refractivity contribution in [3.05, 3.63) is 76.9 Å². The predicted molar refractivity (Wildman–Crippen MR) is 110 cm³/mol. The Morgan fingerprint density at radius 2 is 1.89 bits per heavy atom. The molecule has 27 heavy (non-hydrogen) atoms. The van der Waals surface area contributed by atoms with Crippen LogP contribution >= 0.6 is 0 Å². The summed E-state index contributed by atoms with van der Waals surface area (Å²) in [6.07, 6.45) is 11.4. The average molecular weight is 360 g/mol. The minimum Gasteiger partial charge on any atom is -0.493 e. The highest BCUT2D eigenvalue weighted by Gasteiger charge is 2.33. The third-order valence-corrected chi connectivity index (χ3v) is 6.55. The lowest BCUT2D eigenvalue weighted by molar-refractivity contribution is 0.0877. The van der Waals surface area contributed by atoms with Crippen molar-refractivity contribution in [2.45, 2.75) is 63.6 Å². The molecule has 2 unspecified atom stereocenters. The summed E-state index contributed by atoms with van der Waals surface area (Å²) in [5.41, 5.74) is 6.01. The Kier molecular flexibility index (Phi) is 4.75. The highest BCUT2D eigenvalue weighted by Crippen LogP contribution is 2.36. The van der Waals surface area contributed by atoms with Gasteiger partial charge in [-0.1, -0.05) is 60.5 Å². The average Bonchev–Trinajstić information content (AvgIpc) is 3.15. The lowest BCUT2D eigenvalue weighted by Crippen LogP contribution is -2.48. The van der Waals surface area contributed by atoms with E-state index in [0.717, 1.165) is 37.8 Å². The first-order valence-electron chi connectivity index (χ1n) is 10.6. The number of ether oxygens (including phenoxy) is 1. The molecule has 0 N–H and O–H groups in total. The number of benzene rings is 2. The van der Waals surface area contributed by atoms with Crippen molar-refractivity contribution in [1.29, 1.82) is 0 Å². The molecule has 0 aromatic heterocycles. The van der Waals surface area contributed by atoms with Gasteiger partial charge in [0.15, 0.2) is 0 Å². The zero-order valence-corrected chi connectivity index (χ0v) is 16.1. The molecule has 2 aromatic carbocycles. The second-order valence-corrected chi connectivity index (χ2v) is 8.38. The molecule has 2 nitrogen and oxygen atoms in total. The maximum absolute atomic E-state index is 5.64. The molecule has 2 atom stereocenters. The third kappa shape index (κ3) is 3.68. The first-order valence-corrected chi connectivity index (χ1v) is 10.6. The summed E-state index contributed by atoms with van der Waals surface area (Å²) in [7, 11) is 0. The standard InChI is InChI=1S/C25H29NO/c1-2-5-20(6-3-1)18-26-23-7-4-8-24(26)17-21(16-23)10-9-19-11-12-25-22(15-19)13-14-27-25/h1-3,5-6,11-12,15-16,23-24H,4,7-10,13-14,17-18H2. The van der Waals surface area contributed by atoms with Gasteiger partial charge in [-0.3, -0.25) is 4.90 Å². The first-order chi connectivity index (χ1) is 13.3. The number of fused-ring (bicyclic) bond motifs is 3. The summed E-state index contributed by atoms with van der Waals surface area (Å²) in [5.74, 6) is 1.10. The number of rotatable bonds is 5. The summed E-state index contributed by atoms with van der Waals surface area (Å²) in [6.45, 7) is 1.95. The van der Waals surface area contributed by atoms with E-state index >= 15 is 0 Å². The van der Waals surface area contributed by atoms with Crippen LogP contribution in [0.1, 0.15) is 48.8 Å². The molecule has 0 spiro atoms. The van der Waals surface area contributed by atoms with Crippen LogP contribution in [0.2, 0.25) is 0 Å². The Labute approximate surface area is 162 Å². The van der Waals surface area contributed by atoms with E-state index in [4.69, 9.17) is 4.74 Å². The van der Waals surface area contributed by atoms with Crippen molar-refractivity contribution in [3.63, 3.8) is 0 Å². The van der Waals surface area contributed by atoms with Gasteiger partial charge in [0.1, 0.15) is 5.75 Å². The Balaban J connectivity index is 1.26. The van der Waals surface area contributed by atoms with Crippen molar-refractivity contribution in [3.8, 4) is 5.75 Å².